The van der Waals surface area contributed by atoms with Gasteiger partial charge in [-0.3, -0.25) is 14.6 Å². The van der Waals surface area contributed by atoms with Gasteiger partial charge in [0.15, 0.2) is 16.6 Å². The van der Waals surface area contributed by atoms with Crippen LogP contribution in [-0.2, 0) is 9.53 Å². The Bertz CT molecular complexity index is 877. The lowest BCUT2D eigenvalue weighted by atomic mass is 9.84. The first-order valence-electron chi connectivity index (χ1n) is 11.0. The van der Waals surface area contributed by atoms with Gasteiger partial charge in [-0.2, -0.15) is 0 Å². The van der Waals surface area contributed by atoms with E-state index in [-0.39, 0.29) is 11.8 Å². The normalized spacial score (nSPS) is 17.2. The lowest BCUT2D eigenvalue weighted by molar-refractivity contribution is -0.124. The van der Waals surface area contributed by atoms with E-state index in [0.29, 0.717) is 18.0 Å². The predicted molar refractivity (Wildman–Crippen MR) is 122 cm³/mol. The van der Waals surface area contributed by atoms with Gasteiger partial charge in [-0.05, 0) is 37.5 Å². The number of hydrogen-bond donors (Lipinski definition) is 0. The zero-order valence-corrected chi connectivity index (χ0v) is 19.2. The van der Waals surface area contributed by atoms with Crippen molar-refractivity contribution in [2.24, 2.45) is 5.92 Å². The molecule has 1 aromatic carbocycles. The van der Waals surface area contributed by atoms with Gasteiger partial charge in [-0.1, -0.05) is 6.42 Å². The molecule has 1 aliphatic carbocycles. The molecule has 1 saturated carbocycles. The number of thiazole rings is 1. The number of ether oxygens (including phenoxy) is 3. The predicted octanol–water partition coefficient (Wildman–Crippen LogP) is 3.68. The molecule has 1 saturated heterocycles. The van der Waals surface area contributed by atoms with Crippen molar-refractivity contribution in [3.05, 3.63) is 23.6 Å². The summed E-state index contributed by atoms with van der Waals surface area (Å²) in [4.78, 5) is 22.3. The van der Waals surface area contributed by atoms with E-state index in [1.165, 1.54) is 11.3 Å². The third-order valence-corrected chi connectivity index (χ3v) is 6.95. The maximum Gasteiger partial charge on any atom is 0.231 e. The summed E-state index contributed by atoms with van der Waals surface area (Å²) >= 11 is 1.53. The molecule has 2 aliphatic rings. The lowest BCUT2D eigenvalue weighted by Gasteiger charge is -2.31. The van der Waals surface area contributed by atoms with Crippen molar-refractivity contribution in [3.63, 3.8) is 0 Å². The van der Waals surface area contributed by atoms with Crippen LogP contribution in [-0.4, -0.2) is 69.4 Å². The first-order chi connectivity index (χ1) is 15.2. The van der Waals surface area contributed by atoms with Crippen LogP contribution in [0.15, 0.2) is 23.6 Å². The largest absolute Gasteiger partial charge is 0.493 e. The highest BCUT2D eigenvalue weighted by Crippen LogP contribution is 2.36. The number of rotatable bonds is 9. The molecule has 1 aliphatic heterocycles. The Balaban J connectivity index is 1.48. The van der Waals surface area contributed by atoms with Gasteiger partial charge < -0.3 is 14.2 Å². The summed E-state index contributed by atoms with van der Waals surface area (Å²) in [6, 6.07) is 5.78. The fourth-order valence-corrected chi connectivity index (χ4v) is 4.83. The molecule has 4 rings (SSSR count). The van der Waals surface area contributed by atoms with Crippen molar-refractivity contribution in [2.45, 2.75) is 25.7 Å². The Morgan fingerprint density at radius 2 is 2.00 bits per heavy atom. The van der Waals surface area contributed by atoms with E-state index in [4.69, 9.17) is 19.2 Å². The molecule has 0 atom stereocenters. The van der Waals surface area contributed by atoms with Crippen LogP contribution in [0.2, 0.25) is 0 Å². The number of methoxy groups -OCH3 is 2. The molecule has 1 aromatic heterocycles. The molecule has 168 valence electrons. The minimum Gasteiger partial charge on any atom is -0.493 e. The first kappa shape index (κ1) is 22.0. The molecule has 0 unspecified atom stereocenters. The SMILES string of the molecule is COc1ccc(-c2csc(N(CCCN3CCOCC3)C(=O)C3CCC3)n2)cc1OC. The topological polar surface area (TPSA) is 64.1 Å². The number of benzene rings is 1. The van der Waals surface area contributed by atoms with E-state index in [0.717, 1.165) is 74.9 Å². The number of carbonyl (C=O) groups is 1. The third kappa shape index (κ3) is 5.19. The number of carbonyl (C=O) groups excluding carboxylic acids is 1. The highest BCUT2D eigenvalue weighted by Gasteiger charge is 2.31. The second kappa shape index (κ2) is 10.4. The Hall–Kier alpha value is -2.16. The molecule has 2 heterocycles. The molecule has 31 heavy (non-hydrogen) atoms. The average Bonchev–Trinajstić information content (AvgIpc) is 3.25. The van der Waals surface area contributed by atoms with Crippen molar-refractivity contribution in [3.8, 4) is 22.8 Å². The van der Waals surface area contributed by atoms with Gasteiger partial charge in [0.2, 0.25) is 5.91 Å². The van der Waals surface area contributed by atoms with Gasteiger partial charge in [-0.25, -0.2) is 4.98 Å². The highest BCUT2D eigenvalue weighted by atomic mass is 32.1. The van der Waals surface area contributed by atoms with Gasteiger partial charge in [0, 0.05) is 43.0 Å². The van der Waals surface area contributed by atoms with Crippen LogP contribution in [0.1, 0.15) is 25.7 Å². The number of aromatic nitrogens is 1. The Kier molecular flexibility index (Phi) is 7.42. The van der Waals surface area contributed by atoms with E-state index in [1.54, 1.807) is 14.2 Å². The maximum atomic E-state index is 13.2. The fraction of sp³-hybridized carbons (Fsp3) is 0.565. The molecule has 0 N–H and O–H groups in total. The first-order valence-corrected chi connectivity index (χ1v) is 11.9. The number of morpholine rings is 1. The molecule has 2 fully saturated rings. The van der Waals surface area contributed by atoms with Crippen LogP contribution < -0.4 is 14.4 Å². The third-order valence-electron chi connectivity index (χ3n) is 6.08. The zero-order valence-electron chi connectivity index (χ0n) is 18.3. The van der Waals surface area contributed by atoms with Gasteiger partial charge >= 0.3 is 0 Å². The van der Waals surface area contributed by atoms with Gasteiger partial charge in [0.1, 0.15) is 0 Å². The number of nitrogens with zero attached hydrogens (tertiary/aromatic N) is 3. The average molecular weight is 446 g/mol. The van der Waals surface area contributed by atoms with E-state index in [1.807, 2.05) is 28.5 Å². The summed E-state index contributed by atoms with van der Waals surface area (Å²) in [6.45, 7) is 5.21. The smallest absolute Gasteiger partial charge is 0.231 e. The van der Waals surface area contributed by atoms with Crippen LogP contribution >= 0.6 is 11.3 Å². The molecule has 0 radical (unpaired) electrons. The summed E-state index contributed by atoms with van der Waals surface area (Å²) in [7, 11) is 3.25. The summed E-state index contributed by atoms with van der Waals surface area (Å²) < 4.78 is 16.2. The summed E-state index contributed by atoms with van der Waals surface area (Å²) in [5.41, 5.74) is 1.80. The second-order valence-corrected chi connectivity index (χ2v) is 8.85. The quantitative estimate of drug-likeness (QED) is 0.587. The van der Waals surface area contributed by atoms with Crippen LogP contribution in [0, 0.1) is 5.92 Å². The standard InChI is InChI=1S/C23H31N3O4S/c1-28-20-8-7-18(15-21(20)29-2)19-16-31-23(24-19)26(22(27)17-5-3-6-17)10-4-9-25-11-13-30-14-12-25/h7-8,15-17H,3-6,9-14H2,1-2H3. The molecule has 8 heteroatoms. The van der Waals surface area contributed by atoms with E-state index in [9.17, 15) is 4.79 Å². The van der Waals surface area contributed by atoms with Crippen molar-refractivity contribution in [1.29, 1.82) is 0 Å². The summed E-state index contributed by atoms with van der Waals surface area (Å²) in [5, 5.41) is 2.79. The Morgan fingerprint density at radius 1 is 1.23 bits per heavy atom. The van der Waals surface area contributed by atoms with Crippen LogP contribution in [0.4, 0.5) is 5.13 Å². The molecule has 0 spiro atoms. The van der Waals surface area contributed by atoms with Crippen molar-refractivity contribution in [1.82, 2.24) is 9.88 Å². The van der Waals surface area contributed by atoms with E-state index >= 15 is 0 Å². The zero-order chi connectivity index (χ0) is 21.6. The maximum absolute atomic E-state index is 13.2. The molecule has 7 nitrogen and oxygen atoms in total. The summed E-state index contributed by atoms with van der Waals surface area (Å²) in [6.07, 6.45) is 4.07. The Morgan fingerprint density at radius 3 is 2.68 bits per heavy atom. The Labute approximate surface area is 187 Å². The van der Waals surface area contributed by atoms with Crippen molar-refractivity contribution in [2.75, 3.05) is 58.5 Å². The van der Waals surface area contributed by atoms with Crippen molar-refractivity contribution >= 4 is 22.4 Å². The molecule has 2 aromatic rings. The van der Waals surface area contributed by atoms with Gasteiger partial charge in [0.05, 0.1) is 33.1 Å². The van der Waals surface area contributed by atoms with Crippen molar-refractivity contribution < 1.29 is 19.0 Å². The number of anilines is 1. The van der Waals surface area contributed by atoms with Gasteiger partial charge in [-0.15, -0.1) is 11.3 Å². The molecule has 1 amide bonds. The van der Waals surface area contributed by atoms with Crippen LogP contribution in [0.25, 0.3) is 11.3 Å². The molecular weight excluding hydrogens is 414 g/mol. The molecular formula is C23H31N3O4S. The summed E-state index contributed by atoms with van der Waals surface area (Å²) in [5.74, 6) is 1.73. The minimum absolute atomic E-state index is 0.150. The van der Waals surface area contributed by atoms with Crippen LogP contribution in [0.5, 0.6) is 11.5 Å². The second-order valence-electron chi connectivity index (χ2n) is 8.01. The highest BCUT2D eigenvalue weighted by molar-refractivity contribution is 7.14. The number of hydrogen-bond acceptors (Lipinski definition) is 7. The van der Waals surface area contributed by atoms with E-state index < -0.39 is 0 Å². The fourth-order valence-electron chi connectivity index (χ4n) is 3.97. The monoisotopic (exact) mass is 445 g/mol. The number of amides is 1. The molecule has 0 bridgehead atoms. The van der Waals surface area contributed by atoms with Gasteiger partial charge in [0.25, 0.3) is 0 Å². The minimum atomic E-state index is 0.150. The van der Waals surface area contributed by atoms with E-state index in [2.05, 4.69) is 4.90 Å². The lowest BCUT2D eigenvalue weighted by Crippen LogP contribution is -2.42. The van der Waals surface area contributed by atoms with Crippen LogP contribution in [0.3, 0.4) is 0 Å².